The van der Waals surface area contributed by atoms with E-state index in [9.17, 15) is 14.7 Å². The van der Waals surface area contributed by atoms with Gasteiger partial charge in [0.15, 0.2) is 0 Å². The lowest BCUT2D eigenvalue weighted by atomic mass is 9.96. The summed E-state index contributed by atoms with van der Waals surface area (Å²) in [5.41, 5.74) is 0. The van der Waals surface area contributed by atoms with Gasteiger partial charge in [-0.1, -0.05) is 19.8 Å². The lowest BCUT2D eigenvalue weighted by Crippen LogP contribution is -2.46. The molecule has 0 spiro atoms. The second-order valence-electron chi connectivity index (χ2n) is 6.52. The van der Waals surface area contributed by atoms with Crippen molar-refractivity contribution in [2.24, 2.45) is 11.8 Å². The molecule has 0 aliphatic carbocycles. The van der Waals surface area contributed by atoms with E-state index in [2.05, 4.69) is 6.92 Å². The normalized spacial score (nSPS) is 30.3. The van der Waals surface area contributed by atoms with Gasteiger partial charge in [-0.25, -0.2) is 4.79 Å². The van der Waals surface area contributed by atoms with E-state index in [0.717, 1.165) is 31.8 Å². The van der Waals surface area contributed by atoms with Crippen LogP contribution in [0.4, 0.5) is 4.79 Å². The van der Waals surface area contributed by atoms with E-state index in [1.54, 1.807) is 4.90 Å². The average molecular weight is 296 g/mol. The highest BCUT2D eigenvalue weighted by atomic mass is 16.4. The van der Waals surface area contributed by atoms with Crippen LogP contribution >= 0.6 is 0 Å². The number of likely N-dealkylation sites (tertiary alicyclic amines) is 2. The van der Waals surface area contributed by atoms with Crippen LogP contribution in [-0.4, -0.2) is 52.6 Å². The van der Waals surface area contributed by atoms with E-state index >= 15 is 0 Å². The number of urea groups is 1. The third kappa shape index (κ3) is 3.69. The van der Waals surface area contributed by atoms with Gasteiger partial charge in [0.1, 0.15) is 0 Å². The molecule has 2 saturated heterocycles. The predicted octanol–water partition coefficient (Wildman–Crippen LogP) is 2.80. The second-order valence-corrected chi connectivity index (χ2v) is 6.52. The molecule has 0 aromatic rings. The Labute approximate surface area is 127 Å². The lowest BCUT2D eigenvalue weighted by molar-refractivity contribution is -0.142. The Kier molecular flexibility index (Phi) is 5.48. The molecule has 2 amide bonds. The van der Waals surface area contributed by atoms with Crippen LogP contribution in [0.3, 0.4) is 0 Å². The van der Waals surface area contributed by atoms with Gasteiger partial charge in [0.2, 0.25) is 0 Å². The summed E-state index contributed by atoms with van der Waals surface area (Å²) in [6.45, 7) is 6.30. The standard InChI is InChI=1S/C16H28N2O3/c1-3-5-13-6-4-9-17(10-7-13)16(21)18-11-8-14(12(18)2)15(19)20/h12-14H,3-11H2,1-2H3,(H,19,20). The fraction of sp³-hybridized carbons (Fsp3) is 0.875. The van der Waals surface area contributed by atoms with Crippen LogP contribution in [0.2, 0.25) is 0 Å². The maximum absolute atomic E-state index is 12.7. The summed E-state index contributed by atoms with van der Waals surface area (Å²) < 4.78 is 0. The second kappa shape index (κ2) is 7.14. The SMILES string of the molecule is CCCC1CCCN(C(=O)N2CCC(C(=O)O)C2C)CC1. The van der Waals surface area contributed by atoms with E-state index in [4.69, 9.17) is 0 Å². The fourth-order valence-electron chi connectivity index (χ4n) is 3.78. The van der Waals surface area contributed by atoms with Crippen LogP contribution in [0.25, 0.3) is 0 Å². The number of hydrogen-bond acceptors (Lipinski definition) is 2. The third-order valence-electron chi connectivity index (χ3n) is 5.13. The Morgan fingerprint density at radius 2 is 1.90 bits per heavy atom. The first-order chi connectivity index (χ1) is 10.0. The topological polar surface area (TPSA) is 60.9 Å². The van der Waals surface area contributed by atoms with Crippen LogP contribution < -0.4 is 0 Å². The van der Waals surface area contributed by atoms with Crippen molar-refractivity contribution in [2.75, 3.05) is 19.6 Å². The molecule has 2 aliphatic heterocycles. The van der Waals surface area contributed by atoms with Gasteiger partial charge in [0.25, 0.3) is 0 Å². The summed E-state index contributed by atoms with van der Waals surface area (Å²) in [6.07, 6.45) is 6.41. The van der Waals surface area contributed by atoms with Gasteiger partial charge in [-0.2, -0.15) is 0 Å². The summed E-state index contributed by atoms with van der Waals surface area (Å²) in [4.78, 5) is 27.5. The molecule has 0 radical (unpaired) electrons. The van der Waals surface area contributed by atoms with Crippen molar-refractivity contribution in [3.63, 3.8) is 0 Å². The first-order valence-electron chi connectivity index (χ1n) is 8.33. The van der Waals surface area contributed by atoms with Crippen molar-refractivity contribution >= 4 is 12.0 Å². The van der Waals surface area contributed by atoms with E-state index < -0.39 is 11.9 Å². The fourth-order valence-corrected chi connectivity index (χ4v) is 3.78. The zero-order chi connectivity index (χ0) is 15.4. The maximum atomic E-state index is 12.7. The molecule has 120 valence electrons. The van der Waals surface area contributed by atoms with E-state index in [1.165, 1.54) is 19.3 Å². The largest absolute Gasteiger partial charge is 0.481 e. The average Bonchev–Trinajstić information content (AvgIpc) is 2.68. The van der Waals surface area contributed by atoms with Gasteiger partial charge in [0, 0.05) is 25.7 Å². The number of nitrogens with zero attached hydrogens (tertiary/aromatic N) is 2. The number of carboxylic acid groups (broad SMARTS) is 1. The smallest absolute Gasteiger partial charge is 0.320 e. The van der Waals surface area contributed by atoms with Crippen molar-refractivity contribution in [2.45, 2.75) is 58.4 Å². The van der Waals surface area contributed by atoms with Crippen LogP contribution in [-0.2, 0) is 4.79 Å². The highest BCUT2D eigenvalue weighted by molar-refractivity contribution is 5.78. The molecule has 0 aromatic heterocycles. The molecule has 0 aromatic carbocycles. The van der Waals surface area contributed by atoms with Gasteiger partial charge >= 0.3 is 12.0 Å². The van der Waals surface area contributed by atoms with Gasteiger partial charge in [-0.15, -0.1) is 0 Å². The molecule has 3 unspecified atom stereocenters. The molecular weight excluding hydrogens is 268 g/mol. The number of hydrogen-bond donors (Lipinski definition) is 1. The molecule has 0 bridgehead atoms. The first-order valence-corrected chi connectivity index (χ1v) is 8.33. The third-order valence-corrected chi connectivity index (χ3v) is 5.13. The molecule has 2 rings (SSSR count). The van der Waals surface area contributed by atoms with Gasteiger partial charge in [-0.3, -0.25) is 4.79 Å². The summed E-state index contributed by atoms with van der Waals surface area (Å²) in [5.74, 6) is -0.444. The van der Waals surface area contributed by atoms with E-state index in [1.807, 2.05) is 11.8 Å². The Morgan fingerprint density at radius 3 is 2.52 bits per heavy atom. The number of carbonyl (C=O) groups excluding carboxylic acids is 1. The maximum Gasteiger partial charge on any atom is 0.320 e. The minimum Gasteiger partial charge on any atom is -0.481 e. The summed E-state index contributed by atoms with van der Waals surface area (Å²) in [5, 5.41) is 9.18. The van der Waals surface area contributed by atoms with Crippen LogP contribution in [0, 0.1) is 11.8 Å². The molecular formula is C16H28N2O3. The van der Waals surface area contributed by atoms with Gasteiger partial charge in [-0.05, 0) is 38.5 Å². The van der Waals surface area contributed by atoms with Gasteiger partial charge < -0.3 is 14.9 Å². The number of amides is 2. The molecule has 5 heteroatoms. The summed E-state index contributed by atoms with van der Waals surface area (Å²) >= 11 is 0. The Hall–Kier alpha value is -1.26. The van der Waals surface area contributed by atoms with Crippen LogP contribution in [0.1, 0.15) is 52.4 Å². The minimum atomic E-state index is -0.781. The quantitative estimate of drug-likeness (QED) is 0.871. The zero-order valence-electron chi connectivity index (χ0n) is 13.3. The van der Waals surface area contributed by atoms with Crippen molar-refractivity contribution < 1.29 is 14.7 Å². The van der Waals surface area contributed by atoms with Crippen LogP contribution in [0.15, 0.2) is 0 Å². The number of rotatable bonds is 3. The summed E-state index contributed by atoms with van der Waals surface area (Å²) in [7, 11) is 0. The Bertz CT molecular complexity index is 386. The molecule has 21 heavy (non-hydrogen) atoms. The lowest BCUT2D eigenvalue weighted by Gasteiger charge is -2.30. The highest BCUT2D eigenvalue weighted by Gasteiger charge is 2.39. The van der Waals surface area contributed by atoms with E-state index in [0.29, 0.717) is 13.0 Å². The van der Waals surface area contributed by atoms with Crippen molar-refractivity contribution in [1.82, 2.24) is 9.80 Å². The molecule has 2 heterocycles. The molecule has 3 atom stereocenters. The number of carboxylic acids is 1. The monoisotopic (exact) mass is 296 g/mol. The first kappa shape index (κ1) is 16.1. The summed E-state index contributed by atoms with van der Waals surface area (Å²) in [6, 6.07) is -0.145. The molecule has 0 saturated carbocycles. The highest BCUT2D eigenvalue weighted by Crippen LogP contribution is 2.27. The molecule has 1 N–H and O–H groups in total. The molecule has 5 nitrogen and oxygen atoms in total. The number of aliphatic carboxylic acids is 1. The Morgan fingerprint density at radius 1 is 1.14 bits per heavy atom. The zero-order valence-corrected chi connectivity index (χ0v) is 13.3. The Balaban J connectivity index is 1.93. The van der Waals surface area contributed by atoms with Crippen LogP contribution in [0.5, 0.6) is 0 Å². The van der Waals surface area contributed by atoms with Crippen molar-refractivity contribution in [1.29, 1.82) is 0 Å². The predicted molar refractivity (Wildman–Crippen MR) is 81.1 cm³/mol. The van der Waals surface area contributed by atoms with E-state index in [-0.39, 0.29) is 12.1 Å². The minimum absolute atomic E-state index is 0.0448. The van der Waals surface area contributed by atoms with Crippen molar-refractivity contribution in [3.8, 4) is 0 Å². The van der Waals surface area contributed by atoms with Crippen molar-refractivity contribution in [3.05, 3.63) is 0 Å². The van der Waals surface area contributed by atoms with Gasteiger partial charge in [0.05, 0.1) is 5.92 Å². The molecule has 2 fully saturated rings. The number of carbonyl (C=O) groups is 2. The molecule has 2 aliphatic rings.